The summed E-state index contributed by atoms with van der Waals surface area (Å²) in [5.41, 5.74) is 5.92. The van der Waals surface area contributed by atoms with Crippen molar-refractivity contribution in [1.82, 2.24) is 0 Å². The number of nitrogens with two attached hydrogens (primary N) is 1. The van der Waals surface area contributed by atoms with E-state index in [9.17, 15) is 4.79 Å². The Labute approximate surface area is 114 Å². The summed E-state index contributed by atoms with van der Waals surface area (Å²) in [4.78, 5) is 12.2. The summed E-state index contributed by atoms with van der Waals surface area (Å²) in [6.45, 7) is 4.60. The number of carbonyl (C=O) groups excluding carboxylic acids is 1. The van der Waals surface area contributed by atoms with Crippen LogP contribution >= 0.6 is 0 Å². The quantitative estimate of drug-likeness (QED) is 0.765. The van der Waals surface area contributed by atoms with Gasteiger partial charge < -0.3 is 15.2 Å². The van der Waals surface area contributed by atoms with E-state index in [2.05, 4.69) is 0 Å². The summed E-state index contributed by atoms with van der Waals surface area (Å²) < 4.78 is 10.5. The van der Waals surface area contributed by atoms with Crippen molar-refractivity contribution in [3.05, 3.63) is 35.9 Å². The van der Waals surface area contributed by atoms with E-state index in [0.717, 1.165) is 5.56 Å². The lowest BCUT2D eigenvalue weighted by molar-refractivity contribution is -0.148. The van der Waals surface area contributed by atoms with Gasteiger partial charge in [0, 0.05) is 13.2 Å². The van der Waals surface area contributed by atoms with Crippen LogP contribution in [0.5, 0.6) is 0 Å². The molecule has 0 saturated carbocycles. The molecule has 0 amide bonds. The molecule has 0 saturated heterocycles. The Kier molecular flexibility index (Phi) is 5.99. The zero-order valence-electron chi connectivity index (χ0n) is 11.9. The Balaban J connectivity index is 2.98. The van der Waals surface area contributed by atoms with Gasteiger partial charge >= 0.3 is 5.97 Å². The Morgan fingerprint density at radius 2 is 1.95 bits per heavy atom. The minimum Gasteiger partial charge on any atom is -0.468 e. The molecule has 0 bridgehead atoms. The number of ether oxygens (including phenoxy) is 2. The molecule has 19 heavy (non-hydrogen) atoms. The number of benzene rings is 1. The summed E-state index contributed by atoms with van der Waals surface area (Å²) in [6, 6.07) is 9.50. The van der Waals surface area contributed by atoms with Crippen LogP contribution in [0.15, 0.2) is 30.3 Å². The standard InChI is InChI=1S/C15H23NO3/c1-12(2)19-10-9-15(11-16,14(17)18-3)13-7-5-4-6-8-13/h4-8,12H,9-11,16H2,1-3H3. The van der Waals surface area contributed by atoms with Gasteiger partial charge in [0.2, 0.25) is 0 Å². The highest BCUT2D eigenvalue weighted by Gasteiger charge is 2.39. The maximum atomic E-state index is 12.2. The van der Waals surface area contributed by atoms with Crippen molar-refractivity contribution in [2.45, 2.75) is 31.8 Å². The molecule has 1 aromatic rings. The predicted molar refractivity (Wildman–Crippen MR) is 74.9 cm³/mol. The minimum atomic E-state index is -0.828. The molecule has 1 unspecified atom stereocenters. The van der Waals surface area contributed by atoms with E-state index in [0.29, 0.717) is 13.0 Å². The molecule has 4 nitrogen and oxygen atoms in total. The number of esters is 1. The number of rotatable bonds is 7. The van der Waals surface area contributed by atoms with Crippen LogP contribution in [0.2, 0.25) is 0 Å². The highest BCUT2D eigenvalue weighted by atomic mass is 16.5. The number of methoxy groups -OCH3 is 1. The molecule has 0 aliphatic carbocycles. The largest absolute Gasteiger partial charge is 0.468 e. The second-order valence-electron chi connectivity index (χ2n) is 4.81. The molecule has 4 heteroatoms. The fourth-order valence-electron chi connectivity index (χ4n) is 2.09. The van der Waals surface area contributed by atoms with Gasteiger partial charge in [-0.1, -0.05) is 30.3 Å². The summed E-state index contributed by atoms with van der Waals surface area (Å²) in [5, 5.41) is 0. The third-order valence-corrected chi connectivity index (χ3v) is 3.23. The van der Waals surface area contributed by atoms with Crippen molar-refractivity contribution in [1.29, 1.82) is 0 Å². The Morgan fingerprint density at radius 1 is 1.32 bits per heavy atom. The molecule has 1 aromatic carbocycles. The van der Waals surface area contributed by atoms with Gasteiger partial charge in [0.25, 0.3) is 0 Å². The van der Waals surface area contributed by atoms with E-state index in [1.54, 1.807) is 0 Å². The highest BCUT2D eigenvalue weighted by molar-refractivity contribution is 5.83. The molecule has 1 rings (SSSR count). The van der Waals surface area contributed by atoms with Crippen molar-refractivity contribution >= 4 is 5.97 Å². The van der Waals surface area contributed by atoms with Crippen LogP contribution in [0.1, 0.15) is 25.8 Å². The zero-order chi connectivity index (χ0) is 14.3. The third-order valence-electron chi connectivity index (χ3n) is 3.23. The highest BCUT2D eigenvalue weighted by Crippen LogP contribution is 2.29. The van der Waals surface area contributed by atoms with E-state index in [1.165, 1.54) is 7.11 Å². The van der Waals surface area contributed by atoms with Gasteiger partial charge in [0.15, 0.2) is 0 Å². The summed E-state index contributed by atoms with van der Waals surface area (Å²) >= 11 is 0. The van der Waals surface area contributed by atoms with Crippen LogP contribution in [-0.2, 0) is 19.7 Å². The van der Waals surface area contributed by atoms with Gasteiger partial charge in [-0.15, -0.1) is 0 Å². The Hall–Kier alpha value is -1.39. The monoisotopic (exact) mass is 265 g/mol. The maximum absolute atomic E-state index is 12.2. The SMILES string of the molecule is COC(=O)C(CN)(CCOC(C)C)c1ccccc1. The van der Waals surface area contributed by atoms with Crippen molar-refractivity contribution in [3.63, 3.8) is 0 Å². The third kappa shape index (κ3) is 3.78. The average molecular weight is 265 g/mol. The minimum absolute atomic E-state index is 0.129. The smallest absolute Gasteiger partial charge is 0.317 e. The second-order valence-corrected chi connectivity index (χ2v) is 4.81. The molecule has 0 aliphatic rings. The van der Waals surface area contributed by atoms with Gasteiger partial charge in [-0.2, -0.15) is 0 Å². The van der Waals surface area contributed by atoms with Crippen LogP contribution in [0.3, 0.4) is 0 Å². The Bertz CT molecular complexity index is 392. The van der Waals surface area contributed by atoms with E-state index >= 15 is 0 Å². The molecule has 0 aromatic heterocycles. The van der Waals surface area contributed by atoms with Crippen LogP contribution in [-0.4, -0.2) is 32.3 Å². The van der Waals surface area contributed by atoms with Gasteiger partial charge in [-0.05, 0) is 25.8 Å². The summed E-state index contributed by atoms with van der Waals surface area (Å²) in [5.74, 6) is -0.312. The molecule has 0 heterocycles. The van der Waals surface area contributed by atoms with E-state index in [4.69, 9.17) is 15.2 Å². The maximum Gasteiger partial charge on any atom is 0.317 e. The molecule has 106 valence electrons. The molecule has 0 radical (unpaired) electrons. The van der Waals surface area contributed by atoms with Crippen molar-refractivity contribution in [2.24, 2.45) is 5.73 Å². The second kappa shape index (κ2) is 7.26. The summed E-state index contributed by atoms with van der Waals surface area (Å²) in [6.07, 6.45) is 0.641. The van der Waals surface area contributed by atoms with Gasteiger partial charge in [0.1, 0.15) is 5.41 Å². The molecular weight excluding hydrogens is 242 g/mol. The Morgan fingerprint density at radius 3 is 2.42 bits per heavy atom. The molecule has 1 atom stereocenters. The first-order valence-electron chi connectivity index (χ1n) is 6.52. The zero-order valence-corrected chi connectivity index (χ0v) is 11.9. The first-order valence-corrected chi connectivity index (χ1v) is 6.52. The molecule has 0 spiro atoms. The van der Waals surface area contributed by atoms with Crippen LogP contribution in [0.4, 0.5) is 0 Å². The van der Waals surface area contributed by atoms with Gasteiger partial charge in [-0.25, -0.2) is 0 Å². The predicted octanol–water partition coefficient (Wildman–Crippen LogP) is 1.87. The lowest BCUT2D eigenvalue weighted by Crippen LogP contribution is -2.45. The van der Waals surface area contributed by atoms with Crippen molar-refractivity contribution in [2.75, 3.05) is 20.3 Å². The molecular formula is C15H23NO3. The normalized spacial score (nSPS) is 14.2. The lowest BCUT2D eigenvalue weighted by Gasteiger charge is -2.30. The van der Waals surface area contributed by atoms with E-state index < -0.39 is 5.41 Å². The van der Waals surface area contributed by atoms with Crippen LogP contribution in [0, 0.1) is 0 Å². The lowest BCUT2D eigenvalue weighted by atomic mass is 9.77. The molecule has 2 N–H and O–H groups in total. The first-order chi connectivity index (χ1) is 9.06. The van der Waals surface area contributed by atoms with Gasteiger partial charge in [-0.3, -0.25) is 4.79 Å². The van der Waals surface area contributed by atoms with E-state index in [1.807, 2.05) is 44.2 Å². The number of hydrogen-bond acceptors (Lipinski definition) is 4. The molecule has 0 fully saturated rings. The number of hydrogen-bond donors (Lipinski definition) is 1. The number of carbonyl (C=O) groups is 1. The van der Waals surface area contributed by atoms with Crippen LogP contribution in [0.25, 0.3) is 0 Å². The molecule has 0 aliphatic heterocycles. The fraction of sp³-hybridized carbons (Fsp3) is 0.533. The first kappa shape index (κ1) is 15.7. The van der Waals surface area contributed by atoms with Gasteiger partial charge in [0.05, 0.1) is 13.2 Å². The van der Waals surface area contributed by atoms with Crippen molar-refractivity contribution < 1.29 is 14.3 Å². The average Bonchev–Trinajstić information content (AvgIpc) is 2.43. The van der Waals surface area contributed by atoms with Crippen LogP contribution < -0.4 is 5.73 Å². The fourth-order valence-corrected chi connectivity index (χ4v) is 2.09. The van der Waals surface area contributed by atoms with E-state index in [-0.39, 0.29) is 18.6 Å². The topological polar surface area (TPSA) is 61.5 Å². The summed E-state index contributed by atoms with van der Waals surface area (Å²) in [7, 11) is 1.39. The van der Waals surface area contributed by atoms with Crippen molar-refractivity contribution in [3.8, 4) is 0 Å².